The number of hydrogen-bond donors (Lipinski definition) is 2. The Balaban J connectivity index is 1.90. The molecular formula is C20H25N3O2. The summed E-state index contributed by atoms with van der Waals surface area (Å²) >= 11 is 0. The molecule has 2 aromatic carbocycles. The molecule has 2 aromatic rings. The van der Waals surface area contributed by atoms with Crippen LogP contribution in [-0.2, 0) is 4.79 Å². The van der Waals surface area contributed by atoms with Crippen LogP contribution in [-0.4, -0.2) is 24.8 Å². The summed E-state index contributed by atoms with van der Waals surface area (Å²) in [6, 6.07) is 17.4. The molecule has 5 nitrogen and oxygen atoms in total. The van der Waals surface area contributed by atoms with E-state index in [0.29, 0.717) is 6.61 Å². The van der Waals surface area contributed by atoms with E-state index in [1.165, 1.54) is 0 Å². The highest BCUT2D eigenvalue weighted by molar-refractivity contribution is 6.02. The Hall–Kier alpha value is -2.82. The average Bonchev–Trinajstić information content (AvgIpc) is 2.62. The van der Waals surface area contributed by atoms with Gasteiger partial charge in [-0.05, 0) is 42.7 Å². The van der Waals surface area contributed by atoms with Crippen LogP contribution in [0.1, 0.15) is 26.3 Å². The molecular weight excluding hydrogens is 314 g/mol. The molecule has 0 radical (unpaired) electrons. The van der Waals surface area contributed by atoms with E-state index in [1.54, 1.807) is 0 Å². The number of nitrogens with one attached hydrogen (secondary N) is 2. The van der Waals surface area contributed by atoms with Crippen LogP contribution in [0.4, 0.5) is 5.69 Å². The van der Waals surface area contributed by atoms with Gasteiger partial charge in [0.05, 0.1) is 18.9 Å². The number of hydrazone groups is 1. The van der Waals surface area contributed by atoms with E-state index >= 15 is 0 Å². The lowest BCUT2D eigenvalue weighted by atomic mass is 10.0. The second-order valence-corrected chi connectivity index (χ2v) is 5.86. The van der Waals surface area contributed by atoms with Crippen molar-refractivity contribution in [2.45, 2.75) is 20.8 Å². The zero-order valence-electron chi connectivity index (χ0n) is 15.0. The second-order valence-electron chi connectivity index (χ2n) is 5.86. The monoisotopic (exact) mass is 339 g/mol. The molecule has 0 aliphatic rings. The van der Waals surface area contributed by atoms with Gasteiger partial charge in [0, 0.05) is 5.69 Å². The minimum atomic E-state index is -0.192. The summed E-state index contributed by atoms with van der Waals surface area (Å²) < 4.78 is 5.39. The standard InChI is InChI=1S/C20H25N3O2/c1-4-25-18-12-10-17(11-13-18)21-14-19(24)22-23-20(15(2)3)16-8-6-5-7-9-16/h5-13,15,21H,4,14H2,1-3H3,(H,22,24)/b23-20-. The van der Waals surface area contributed by atoms with Crippen molar-refractivity contribution < 1.29 is 9.53 Å². The summed E-state index contributed by atoms with van der Waals surface area (Å²) in [5.74, 6) is 0.830. The minimum Gasteiger partial charge on any atom is -0.494 e. The maximum Gasteiger partial charge on any atom is 0.259 e. The number of ether oxygens (including phenoxy) is 1. The van der Waals surface area contributed by atoms with Crippen LogP contribution < -0.4 is 15.5 Å². The number of rotatable bonds is 8. The number of anilines is 1. The third kappa shape index (κ3) is 5.95. The van der Waals surface area contributed by atoms with Crippen LogP contribution >= 0.6 is 0 Å². The minimum absolute atomic E-state index is 0.150. The van der Waals surface area contributed by atoms with Gasteiger partial charge >= 0.3 is 0 Å². The molecule has 2 rings (SSSR count). The number of amides is 1. The normalized spacial score (nSPS) is 11.3. The fraction of sp³-hybridized carbons (Fsp3) is 0.300. The van der Waals surface area contributed by atoms with Gasteiger partial charge < -0.3 is 10.1 Å². The Kier molecular flexibility index (Phi) is 7.01. The number of benzene rings is 2. The number of carbonyl (C=O) groups excluding carboxylic acids is 1. The summed E-state index contributed by atoms with van der Waals surface area (Å²) in [6.07, 6.45) is 0. The van der Waals surface area contributed by atoms with Crippen molar-refractivity contribution in [2.75, 3.05) is 18.5 Å². The first-order chi connectivity index (χ1) is 12.1. The van der Waals surface area contributed by atoms with Crippen LogP contribution in [0, 0.1) is 5.92 Å². The smallest absolute Gasteiger partial charge is 0.259 e. The van der Waals surface area contributed by atoms with Gasteiger partial charge in [0.1, 0.15) is 5.75 Å². The van der Waals surface area contributed by atoms with Crippen molar-refractivity contribution in [2.24, 2.45) is 11.0 Å². The fourth-order valence-corrected chi connectivity index (χ4v) is 2.32. The van der Waals surface area contributed by atoms with E-state index in [2.05, 4.69) is 29.7 Å². The average molecular weight is 339 g/mol. The molecule has 0 aromatic heterocycles. The molecule has 5 heteroatoms. The number of nitrogens with zero attached hydrogens (tertiary/aromatic N) is 1. The van der Waals surface area contributed by atoms with Gasteiger partial charge in [0.2, 0.25) is 0 Å². The van der Waals surface area contributed by atoms with Crippen LogP contribution in [0.15, 0.2) is 59.7 Å². The van der Waals surface area contributed by atoms with E-state index in [4.69, 9.17) is 4.74 Å². The van der Waals surface area contributed by atoms with Gasteiger partial charge in [0.15, 0.2) is 0 Å². The zero-order valence-corrected chi connectivity index (χ0v) is 15.0. The first-order valence-corrected chi connectivity index (χ1v) is 8.48. The predicted octanol–water partition coefficient (Wildman–Crippen LogP) is 3.67. The summed E-state index contributed by atoms with van der Waals surface area (Å²) in [6.45, 7) is 6.83. The van der Waals surface area contributed by atoms with Crippen molar-refractivity contribution in [3.05, 3.63) is 60.2 Å². The summed E-state index contributed by atoms with van der Waals surface area (Å²) in [4.78, 5) is 12.0. The Morgan fingerprint density at radius 1 is 1.08 bits per heavy atom. The highest BCUT2D eigenvalue weighted by atomic mass is 16.5. The van der Waals surface area contributed by atoms with Gasteiger partial charge in [-0.2, -0.15) is 5.10 Å². The molecule has 0 atom stereocenters. The SMILES string of the molecule is CCOc1ccc(NCC(=O)N/N=C(\c2ccccc2)C(C)C)cc1. The summed E-state index contributed by atoms with van der Waals surface area (Å²) in [7, 11) is 0. The highest BCUT2D eigenvalue weighted by Crippen LogP contribution is 2.15. The largest absolute Gasteiger partial charge is 0.494 e. The molecule has 132 valence electrons. The predicted molar refractivity (Wildman–Crippen MR) is 102 cm³/mol. The Morgan fingerprint density at radius 3 is 2.36 bits per heavy atom. The first-order valence-electron chi connectivity index (χ1n) is 8.48. The van der Waals surface area contributed by atoms with Gasteiger partial charge in [0.25, 0.3) is 5.91 Å². The molecule has 1 amide bonds. The van der Waals surface area contributed by atoms with Gasteiger partial charge in [-0.25, -0.2) is 5.43 Å². The van der Waals surface area contributed by atoms with Crippen molar-refractivity contribution in [3.8, 4) is 5.75 Å². The third-order valence-corrected chi connectivity index (χ3v) is 3.54. The Bertz CT molecular complexity index is 695. The third-order valence-electron chi connectivity index (χ3n) is 3.54. The maximum absolute atomic E-state index is 12.0. The molecule has 0 aliphatic heterocycles. The molecule has 0 unspecified atom stereocenters. The van der Waals surface area contributed by atoms with Crippen molar-refractivity contribution in [1.29, 1.82) is 0 Å². The summed E-state index contributed by atoms with van der Waals surface area (Å²) in [5.41, 5.74) is 5.35. The number of carbonyl (C=O) groups is 1. The topological polar surface area (TPSA) is 62.7 Å². The lowest BCUT2D eigenvalue weighted by molar-refractivity contribution is -0.119. The molecule has 0 spiro atoms. The van der Waals surface area contributed by atoms with Gasteiger partial charge in [-0.3, -0.25) is 4.79 Å². The quantitative estimate of drug-likeness (QED) is 0.570. The summed E-state index contributed by atoms with van der Waals surface area (Å²) in [5, 5.41) is 7.37. The van der Waals surface area contributed by atoms with E-state index in [1.807, 2.05) is 61.5 Å². The van der Waals surface area contributed by atoms with E-state index in [0.717, 1.165) is 22.7 Å². The van der Waals surface area contributed by atoms with Gasteiger partial charge in [-0.1, -0.05) is 44.2 Å². The van der Waals surface area contributed by atoms with Crippen LogP contribution in [0.3, 0.4) is 0 Å². The fourth-order valence-electron chi connectivity index (χ4n) is 2.32. The maximum atomic E-state index is 12.0. The Labute approximate surface area is 149 Å². The zero-order chi connectivity index (χ0) is 18.1. The molecule has 0 fully saturated rings. The van der Waals surface area contributed by atoms with Crippen LogP contribution in [0.5, 0.6) is 5.75 Å². The lowest BCUT2D eigenvalue weighted by Gasteiger charge is -2.11. The van der Waals surface area contributed by atoms with Crippen molar-refractivity contribution in [1.82, 2.24) is 5.43 Å². The lowest BCUT2D eigenvalue weighted by Crippen LogP contribution is -2.28. The first kappa shape index (κ1) is 18.5. The molecule has 25 heavy (non-hydrogen) atoms. The molecule has 0 heterocycles. The molecule has 0 saturated carbocycles. The van der Waals surface area contributed by atoms with E-state index in [9.17, 15) is 4.79 Å². The van der Waals surface area contributed by atoms with Crippen molar-refractivity contribution >= 4 is 17.3 Å². The molecule has 0 aliphatic carbocycles. The van der Waals surface area contributed by atoms with E-state index < -0.39 is 0 Å². The van der Waals surface area contributed by atoms with Crippen LogP contribution in [0.2, 0.25) is 0 Å². The van der Waals surface area contributed by atoms with Crippen molar-refractivity contribution in [3.63, 3.8) is 0 Å². The Morgan fingerprint density at radius 2 is 1.76 bits per heavy atom. The molecule has 0 saturated heterocycles. The van der Waals surface area contributed by atoms with Gasteiger partial charge in [-0.15, -0.1) is 0 Å². The van der Waals surface area contributed by atoms with E-state index in [-0.39, 0.29) is 18.4 Å². The molecule has 2 N–H and O–H groups in total. The van der Waals surface area contributed by atoms with Crippen LogP contribution in [0.25, 0.3) is 0 Å². The number of hydrogen-bond acceptors (Lipinski definition) is 4. The highest BCUT2D eigenvalue weighted by Gasteiger charge is 2.09. The molecule has 0 bridgehead atoms. The second kappa shape index (κ2) is 9.47.